The number of carbonyl (C=O) groups excluding carboxylic acids is 3. The highest BCUT2D eigenvalue weighted by Gasteiger charge is 2.50. The van der Waals surface area contributed by atoms with Gasteiger partial charge in [-0.25, -0.2) is 4.79 Å². The number of carbonyl (C=O) groups is 3. The fourth-order valence-electron chi connectivity index (χ4n) is 2.56. The molecule has 0 bridgehead atoms. The van der Waals surface area contributed by atoms with Gasteiger partial charge in [-0.1, -0.05) is 6.92 Å². The monoisotopic (exact) mass is 268 g/mol. The zero-order valence-corrected chi connectivity index (χ0v) is 11.3. The highest BCUT2D eigenvalue weighted by Crippen LogP contribution is 2.26. The zero-order valence-electron chi connectivity index (χ0n) is 11.3. The molecular formula is C12H20N4O3. The van der Waals surface area contributed by atoms with Gasteiger partial charge in [-0.15, -0.1) is 0 Å². The van der Waals surface area contributed by atoms with Gasteiger partial charge in [-0.05, 0) is 26.2 Å². The Labute approximate surface area is 111 Å². The molecule has 2 heterocycles. The van der Waals surface area contributed by atoms with Crippen molar-refractivity contribution in [1.29, 1.82) is 0 Å². The second-order valence-corrected chi connectivity index (χ2v) is 5.59. The Bertz CT molecular complexity index is 435. The standard InChI is InChI=1S/C12H20N4O3/c1-3-11(2,13)9(18)16-6-4-5-12(7-16)8(17)14-10(19)15-12/h3-7,13H2,1-2H3,(H2,14,15,17,19). The topological polar surface area (TPSA) is 105 Å². The molecule has 19 heavy (non-hydrogen) atoms. The number of hydrogen-bond acceptors (Lipinski definition) is 4. The van der Waals surface area contributed by atoms with E-state index in [1.54, 1.807) is 11.8 Å². The van der Waals surface area contributed by atoms with Gasteiger partial charge in [0.1, 0.15) is 5.54 Å². The molecule has 7 nitrogen and oxygen atoms in total. The zero-order chi connectivity index (χ0) is 14.3. The summed E-state index contributed by atoms with van der Waals surface area (Å²) in [6, 6.07) is -0.495. The van der Waals surface area contributed by atoms with Crippen molar-refractivity contribution in [3.63, 3.8) is 0 Å². The first-order chi connectivity index (χ1) is 8.81. The molecule has 2 unspecified atom stereocenters. The number of amides is 4. The molecule has 106 valence electrons. The summed E-state index contributed by atoms with van der Waals surface area (Å²) in [4.78, 5) is 37.1. The van der Waals surface area contributed by atoms with Crippen molar-refractivity contribution in [2.75, 3.05) is 13.1 Å². The maximum Gasteiger partial charge on any atom is 0.322 e. The molecule has 2 aliphatic rings. The fraction of sp³-hybridized carbons (Fsp3) is 0.750. The average Bonchev–Trinajstić information content (AvgIpc) is 2.63. The van der Waals surface area contributed by atoms with Gasteiger partial charge in [0.05, 0.1) is 12.1 Å². The molecule has 0 saturated carbocycles. The van der Waals surface area contributed by atoms with Crippen LogP contribution in [0.5, 0.6) is 0 Å². The van der Waals surface area contributed by atoms with Crippen LogP contribution in [0.1, 0.15) is 33.1 Å². The summed E-state index contributed by atoms with van der Waals surface area (Å²) < 4.78 is 0. The largest absolute Gasteiger partial charge is 0.338 e. The minimum atomic E-state index is -0.977. The molecule has 2 fully saturated rings. The van der Waals surface area contributed by atoms with Gasteiger partial charge in [0.15, 0.2) is 0 Å². The van der Waals surface area contributed by atoms with Gasteiger partial charge in [0, 0.05) is 6.54 Å². The van der Waals surface area contributed by atoms with E-state index in [0.29, 0.717) is 25.8 Å². The van der Waals surface area contributed by atoms with Crippen LogP contribution in [0.4, 0.5) is 4.79 Å². The Hall–Kier alpha value is -1.63. The second-order valence-electron chi connectivity index (χ2n) is 5.59. The molecule has 4 amide bonds. The first-order valence-corrected chi connectivity index (χ1v) is 6.52. The molecule has 7 heteroatoms. The van der Waals surface area contributed by atoms with Gasteiger partial charge in [-0.2, -0.15) is 0 Å². The Kier molecular flexibility index (Phi) is 3.25. The summed E-state index contributed by atoms with van der Waals surface area (Å²) in [6.07, 6.45) is 1.73. The van der Waals surface area contributed by atoms with Gasteiger partial charge in [0.25, 0.3) is 5.91 Å². The van der Waals surface area contributed by atoms with Crippen LogP contribution in [0.3, 0.4) is 0 Å². The lowest BCUT2D eigenvalue weighted by atomic mass is 9.87. The van der Waals surface area contributed by atoms with E-state index in [9.17, 15) is 14.4 Å². The number of nitrogens with zero attached hydrogens (tertiary/aromatic N) is 1. The van der Waals surface area contributed by atoms with E-state index >= 15 is 0 Å². The Morgan fingerprint density at radius 2 is 2.21 bits per heavy atom. The maximum absolute atomic E-state index is 12.3. The molecule has 2 aliphatic heterocycles. The predicted octanol–water partition coefficient (Wildman–Crippen LogP) is -0.686. The van der Waals surface area contributed by atoms with Crippen LogP contribution >= 0.6 is 0 Å². The van der Waals surface area contributed by atoms with E-state index in [1.807, 2.05) is 6.92 Å². The third kappa shape index (κ3) is 2.30. The average molecular weight is 268 g/mol. The van der Waals surface area contributed by atoms with E-state index in [2.05, 4.69) is 10.6 Å². The Morgan fingerprint density at radius 3 is 2.74 bits per heavy atom. The molecule has 0 aliphatic carbocycles. The van der Waals surface area contributed by atoms with Crippen LogP contribution < -0.4 is 16.4 Å². The summed E-state index contributed by atoms with van der Waals surface area (Å²) in [7, 11) is 0. The molecular weight excluding hydrogens is 248 g/mol. The van der Waals surface area contributed by atoms with Crippen LogP contribution in [-0.2, 0) is 9.59 Å². The van der Waals surface area contributed by atoms with Crippen LogP contribution in [0.2, 0.25) is 0 Å². The highest BCUT2D eigenvalue weighted by molar-refractivity contribution is 6.07. The lowest BCUT2D eigenvalue weighted by Gasteiger charge is -2.40. The van der Waals surface area contributed by atoms with Gasteiger partial charge in [-0.3, -0.25) is 14.9 Å². The van der Waals surface area contributed by atoms with Crippen molar-refractivity contribution in [2.24, 2.45) is 5.73 Å². The predicted molar refractivity (Wildman–Crippen MR) is 68.1 cm³/mol. The minimum absolute atomic E-state index is 0.178. The molecule has 2 atom stereocenters. The number of hydrogen-bond donors (Lipinski definition) is 3. The summed E-state index contributed by atoms with van der Waals surface area (Å²) in [5.74, 6) is -0.534. The van der Waals surface area contributed by atoms with Crippen molar-refractivity contribution in [3.8, 4) is 0 Å². The maximum atomic E-state index is 12.3. The number of nitrogens with two attached hydrogens (primary N) is 1. The third-order valence-corrected chi connectivity index (χ3v) is 4.02. The highest BCUT2D eigenvalue weighted by atomic mass is 16.2. The number of imide groups is 1. The Balaban J connectivity index is 2.16. The quantitative estimate of drug-likeness (QED) is 0.577. The molecule has 0 aromatic carbocycles. The van der Waals surface area contributed by atoms with Crippen molar-refractivity contribution in [3.05, 3.63) is 0 Å². The van der Waals surface area contributed by atoms with E-state index < -0.39 is 17.1 Å². The van der Waals surface area contributed by atoms with Crippen molar-refractivity contribution in [2.45, 2.75) is 44.2 Å². The summed E-state index contributed by atoms with van der Waals surface area (Å²) >= 11 is 0. The smallest absolute Gasteiger partial charge is 0.322 e. The van der Waals surface area contributed by atoms with Crippen molar-refractivity contribution in [1.82, 2.24) is 15.5 Å². The van der Waals surface area contributed by atoms with E-state index in [0.717, 1.165) is 0 Å². The molecule has 2 saturated heterocycles. The van der Waals surface area contributed by atoms with Crippen LogP contribution in [0.25, 0.3) is 0 Å². The van der Waals surface area contributed by atoms with Gasteiger partial charge < -0.3 is 16.0 Å². The molecule has 2 rings (SSSR count). The van der Waals surface area contributed by atoms with E-state index in [4.69, 9.17) is 5.73 Å². The molecule has 1 spiro atoms. The normalized spacial score (nSPS) is 29.9. The Morgan fingerprint density at radius 1 is 1.53 bits per heavy atom. The van der Waals surface area contributed by atoms with Crippen LogP contribution in [0.15, 0.2) is 0 Å². The van der Waals surface area contributed by atoms with E-state index in [-0.39, 0.29) is 18.4 Å². The van der Waals surface area contributed by atoms with Crippen LogP contribution in [0, 0.1) is 0 Å². The van der Waals surface area contributed by atoms with E-state index in [1.165, 1.54) is 0 Å². The molecule has 0 aromatic rings. The molecule has 0 radical (unpaired) electrons. The first-order valence-electron chi connectivity index (χ1n) is 6.52. The molecule has 0 aromatic heterocycles. The number of piperidine rings is 1. The summed E-state index contributed by atoms with van der Waals surface area (Å²) in [5.41, 5.74) is 4.05. The summed E-state index contributed by atoms with van der Waals surface area (Å²) in [6.45, 7) is 4.29. The lowest BCUT2D eigenvalue weighted by molar-refractivity contribution is -0.140. The SMILES string of the molecule is CCC(C)(N)C(=O)N1CCCC2(C1)NC(=O)NC2=O. The van der Waals surface area contributed by atoms with Crippen LogP contribution in [-0.4, -0.2) is 46.9 Å². The van der Waals surface area contributed by atoms with Crippen molar-refractivity contribution >= 4 is 17.8 Å². The third-order valence-electron chi connectivity index (χ3n) is 4.02. The fourth-order valence-corrected chi connectivity index (χ4v) is 2.56. The number of urea groups is 1. The first kappa shape index (κ1) is 13.8. The number of likely N-dealkylation sites (tertiary alicyclic amines) is 1. The lowest BCUT2D eigenvalue weighted by Crippen LogP contribution is -2.63. The van der Waals surface area contributed by atoms with Gasteiger partial charge >= 0.3 is 6.03 Å². The summed E-state index contributed by atoms with van der Waals surface area (Å²) in [5, 5.41) is 4.87. The van der Waals surface area contributed by atoms with Crippen molar-refractivity contribution < 1.29 is 14.4 Å². The minimum Gasteiger partial charge on any atom is -0.338 e. The number of rotatable bonds is 2. The second kappa shape index (κ2) is 4.48. The van der Waals surface area contributed by atoms with Gasteiger partial charge in [0.2, 0.25) is 5.91 Å². The number of nitrogens with one attached hydrogen (secondary N) is 2. The molecule has 4 N–H and O–H groups in total.